The smallest absolute Gasteiger partial charge is 0.148 e. The van der Waals surface area contributed by atoms with Crippen molar-refractivity contribution < 1.29 is 0 Å². The van der Waals surface area contributed by atoms with Gasteiger partial charge in [0.15, 0.2) is 0 Å². The van der Waals surface area contributed by atoms with Crippen LogP contribution in [-0.4, -0.2) is 23.0 Å². The van der Waals surface area contributed by atoms with Gasteiger partial charge >= 0.3 is 0 Å². The monoisotopic (exact) mass is 293 g/mol. The van der Waals surface area contributed by atoms with E-state index in [4.69, 9.17) is 0 Å². The molecule has 0 aliphatic carbocycles. The number of nitrogens with one attached hydrogen (secondary N) is 1. The fourth-order valence-electron chi connectivity index (χ4n) is 1.96. The zero-order chi connectivity index (χ0) is 13.7. The molecule has 1 atom stereocenters. The number of thioether (sulfide) groups is 1. The zero-order valence-corrected chi connectivity index (χ0v) is 13.1. The lowest BCUT2D eigenvalue weighted by atomic mass is 10.2. The molecule has 0 saturated carbocycles. The summed E-state index contributed by atoms with van der Waals surface area (Å²) in [6.07, 6.45) is 3.13. The standard InChI is InChI=1S/C14H19N3S2/c1-4-11(15-5-2)14-17-16-13(19-14)10-8-6-7-9-12(10)18-3/h6-9,11,15H,4-5H2,1-3H3. The quantitative estimate of drug-likeness (QED) is 0.817. The number of nitrogens with zero attached hydrogens (tertiary/aromatic N) is 2. The molecule has 2 rings (SSSR count). The summed E-state index contributed by atoms with van der Waals surface area (Å²) in [6.45, 7) is 5.24. The fraction of sp³-hybridized carbons (Fsp3) is 0.429. The third kappa shape index (κ3) is 3.35. The maximum Gasteiger partial charge on any atom is 0.148 e. The summed E-state index contributed by atoms with van der Waals surface area (Å²) in [6, 6.07) is 8.67. The first-order valence-electron chi connectivity index (χ1n) is 6.50. The van der Waals surface area contributed by atoms with Gasteiger partial charge in [-0.2, -0.15) is 0 Å². The van der Waals surface area contributed by atoms with Crippen molar-refractivity contribution in [2.24, 2.45) is 0 Å². The van der Waals surface area contributed by atoms with Crippen LogP contribution in [0.1, 0.15) is 31.3 Å². The van der Waals surface area contributed by atoms with Crippen molar-refractivity contribution in [3.05, 3.63) is 29.3 Å². The highest BCUT2D eigenvalue weighted by Gasteiger charge is 2.16. The molecule has 5 heteroatoms. The normalized spacial score (nSPS) is 12.6. The van der Waals surface area contributed by atoms with Crippen molar-refractivity contribution in [1.82, 2.24) is 15.5 Å². The Morgan fingerprint density at radius 2 is 2.05 bits per heavy atom. The van der Waals surface area contributed by atoms with Crippen molar-refractivity contribution in [2.75, 3.05) is 12.8 Å². The van der Waals surface area contributed by atoms with E-state index in [1.54, 1.807) is 23.1 Å². The predicted octanol–water partition coefficient (Wildman–Crippen LogP) is 3.99. The summed E-state index contributed by atoms with van der Waals surface area (Å²) < 4.78 is 0. The van der Waals surface area contributed by atoms with Crippen LogP contribution in [0.25, 0.3) is 10.6 Å². The second kappa shape index (κ2) is 7.03. The summed E-state index contributed by atoms with van der Waals surface area (Å²) in [7, 11) is 0. The number of benzene rings is 1. The average molecular weight is 293 g/mol. The second-order valence-corrected chi connectivity index (χ2v) is 6.02. The Bertz CT molecular complexity index is 525. The van der Waals surface area contributed by atoms with Gasteiger partial charge in [0.1, 0.15) is 10.0 Å². The Morgan fingerprint density at radius 3 is 2.74 bits per heavy atom. The van der Waals surface area contributed by atoms with Crippen LogP contribution in [0, 0.1) is 0 Å². The third-order valence-electron chi connectivity index (χ3n) is 2.93. The van der Waals surface area contributed by atoms with Crippen molar-refractivity contribution in [3.8, 4) is 10.6 Å². The fourth-order valence-corrected chi connectivity index (χ4v) is 3.66. The summed E-state index contributed by atoms with van der Waals surface area (Å²) in [5.74, 6) is 0. The Hall–Kier alpha value is -0.910. The Kier molecular flexibility index (Phi) is 5.36. The van der Waals surface area contributed by atoms with Crippen molar-refractivity contribution >= 4 is 23.1 Å². The minimum absolute atomic E-state index is 0.317. The summed E-state index contributed by atoms with van der Waals surface area (Å²) in [5, 5.41) is 14.2. The molecule has 3 nitrogen and oxygen atoms in total. The lowest BCUT2D eigenvalue weighted by Gasteiger charge is -2.11. The van der Waals surface area contributed by atoms with Gasteiger partial charge in [0, 0.05) is 10.5 Å². The zero-order valence-electron chi connectivity index (χ0n) is 11.5. The molecule has 19 heavy (non-hydrogen) atoms. The van der Waals surface area contributed by atoms with E-state index < -0.39 is 0 Å². The first kappa shape index (κ1) is 14.5. The third-order valence-corrected chi connectivity index (χ3v) is 4.80. The molecule has 0 bridgehead atoms. The Morgan fingerprint density at radius 1 is 1.26 bits per heavy atom. The van der Waals surface area contributed by atoms with E-state index in [2.05, 4.69) is 59.9 Å². The summed E-state index contributed by atoms with van der Waals surface area (Å²) in [4.78, 5) is 1.25. The second-order valence-electron chi connectivity index (χ2n) is 4.16. The lowest BCUT2D eigenvalue weighted by molar-refractivity contribution is 0.531. The highest BCUT2D eigenvalue weighted by atomic mass is 32.2. The molecule has 1 aromatic carbocycles. The first-order valence-corrected chi connectivity index (χ1v) is 8.54. The largest absolute Gasteiger partial charge is 0.308 e. The van der Waals surface area contributed by atoms with Crippen LogP contribution in [0.4, 0.5) is 0 Å². The molecule has 0 radical (unpaired) electrons. The van der Waals surface area contributed by atoms with E-state index in [-0.39, 0.29) is 0 Å². The van der Waals surface area contributed by atoms with Gasteiger partial charge in [0.2, 0.25) is 0 Å². The summed E-state index contributed by atoms with van der Waals surface area (Å²) in [5.41, 5.74) is 1.19. The highest BCUT2D eigenvalue weighted by molar-refractivity contribution is 7.98. The maximum absolute atomic E-state index is 4.36. The van der Waals surface area contributed by atoms with Crippen LogP contribution >= 0.6 is 23.1 Å². The van der Waals surface area contributed by atoms with E-state index >= 15 is 0 Å². The SMILES string of the molecule is CCNC(CC)c1nnc(-c2ccccc2SC)s1. The van der Waals surface area contributed by atoms with Crippen LogP contribution in [0.5, 0.6) is 0 Å². The molecule has 0 spiro atoms. The van der Waals surface area contributed by atoms with Crippen LogP contribution in [0.3, 0.4) is 0 Å². The van der Waals surface area contributed by atoms with Crippen LogP contribution in [0.15, 0.2) is 29.2 Å². The molecule has 1 aromatic heterocycles. The first-order chi connectivity index (χ1) is 9.30. The van der Waals surface area contributed by atoms with Crippen LogP contribution < -0.4 is 5.32 Å². The van der Waals surface area contributed by atoms with Crippen molar-refractivity contribution in [1.29, 1.82) is 0 Å². The van der Waals surface area contributed by atoms with E-state index in [9.17, 15) is 0 Å². The minimum atomic E-state index is 0.317. The average Bonchev–Trinajstić information content (AvgIpc) is 2.94. The van der Waals surface area contributed by atoms with E-state index in [1.165, 1.54) is 10.5 Å². The van der Waals surface area contributed by atoms with Gasteiger partial charge in [0.05, 0.1) is 6.04 Å². The van der Waals surface area contributed by atoms with Gasteiger partial charge in [-0.3, -0.25) is 0 Å². The van der Waals surface area contributed by atoms with Crippen molar-refractivity contribution in [3.63, 3.8) is 0 Å². The topological polar surface area (TPSA) is 37.8 Å². The molecule has 1 unspecified atom stereocenters. The predicted molar refractivity (Wildman–Crippen MR) is 83.8 cm³/mol. The molecule has 0 amide bonds. The van der Waals surface area contributed by atoms with Gasteiger partial charge in [-0.15, -0.1) is 22.0 Å². The molecular formula is C14H19N3S2. The van der Waals surface area contributed by atoms with E-state index in [1.807, 2.05) is 0 Å². The van der Waals surface area contributed by atoms with Gasteiger partial charge in [0.25, 0.3) is 0 Å². The molecule has 102 valence electrons. The number of aromatic nitrogens is 2. The molecule has 1 N–H and O–H groups in total. The van der Waals surface area contributed by atoms with Gasteiger partial charge in [-0.25, -0.2) is 0 Å². The molecule has 0 saturated heterocycles. The van der Waals surface area contributed by atoms with Crippen LogP contribution in [-0.2, 0) is 0 Å². The molecule has 0 fully saturated rings. The molecule has 1 heterocycles. The molecule has 0 aliphatic rings. The minimum Gasteiger partial charge on any atom is -0.308 e. The molecular weight excluding hydrogens is 274 g/mol. The number of rotatable bonds is 6. The molecule has 2 aromatic rings. The molecule has 0 aliphatic heterocycles. The van der Waals surface area contributed by atoms with Crippen molar-refractivity contribution in [2.45, 2.75) is 31.2 Å². The van der Waals surface area contributed by atoms with E-state index in [0.29, 0.717) is 6.04 Å². The summed E-state index contributed by atoms with van der Waals surface area (Å²) >= 11 is 3.44. The van der Waals surface area contributed by atoms with Gasteiger partial charge in [-0.05, 0) is 25.3 Å². The Labute approximate surface area is 122 Å². The number of hydrogen-bond acceptors (Lipinski definition) is 5. The Balaban J connectivity index is 2.30. The highest BCUT2D eigenvalue weighted by Crippen LogP contribution is 2.33. The van der Waals surface area contributed by atoms with E-state index in [0.717, 1.165) is 23.0 Å². The number of hydrogen-bond donors (Lipinski definition) is 1. The van der Waals surface area contributed by atoms with Gasteiger partial charge in [-0.1, -0.05) is 43.4 Å². The van der Waals surface area contributed by atoms with Crippen LogP contribution in [0.2, 0.25) is 0 Å². The lowest BCUT2D eigenvalue weighted by Crippen LogP contribution is -2.19. The maximum atomic E-state index is 4.36. The van der Waals surface area contributed by atoms with Gasteiger partial charge < -0.3 is 5.32 Å².